The number of nitrogens with zero attached hydrogens (tertiary/aromatic N) is 6. The highest BCUT2D eigenvalue weighted by Crippen LogP contribution is 2.49. The number of benzene rings is 1. The molecule has 206 valence electrons. The fourth-order valence-corrected chi connectivity index (χ4v) is 5.57. The van der Waals surface area contributed by atoms with Crippen LogP contribution in [0, 0.1) is 17.7 Å². The highest BCUT2D eigenvalue weighted by Gasteiger charge is 2.59. The predicted molar refractivity (Wildman–Crippen MR) is 145 cm³/mol. The zero-order valence-electron chi connectivity index (χ0n) is 22.1. The van der Waals surface area contributed by atoms with Gasteiger partial charge in [-0.1, -0.05) is 11.6 Å². The van der Waals surface area contributed by atoms with Crippen LogP contribution in [0.4, 0.5) is 4.39 Å². The number of carbonyl (C=O) groups is 1. The lowest BCUT2D eigenvalue weighted by atomic mass is 9.94. The number of hydrogen-bond donors (Lipinski definition) is 1. The third-order valence-corrected chi connectivity index (χ3v) is 7.65. The largest absolute Gasteiger partial charge is 0.479 e. The molecule has 6 rings (SSSR count). The van der Waals surface area contributed by atoms with Gasteiger partial charge in [-0.25, -0.2) is 24.0 Å². The Morgan fingerprint density at radius 3 is 2.45 bits per heavy atom. The van der Waals surface area contributed by atoms with Crippen LogP contribution >= 0.6 is 11.6 Å². The molecule has 2 aliphatic rings. The van der Waals surface area contributed by atoms with Gasteiger partial charge in [0.1, 0.15) is 17.5 Å². The van der Waals surface area contributed by atoms with E-state index in [4.69, 9.17) is 26.8 Å². The number of aromatic nitrogens is 5. The van der Waals surface area contributed by atoms with Crippen molar-refractivity contribution in [2.75, 3.05) is 20.2 Å². The molecule has 1 saturated heterocycles. The molecule has 2 unspecified atom stereocenters. The van der Waals surface area contributed by atoms with Crippen LogP contribution in [-0.4, -0.2) is 61.8 Å². The van der Waals surface area contributed by atoms with Gasteiger partial charge in [-0.15, -0.1) is 5.10 Å². The number of piperidine rings is 1. The maximum Gasteiger partial charge on any atom is 0.261 e. The Morgan fingerprint density at radius 2 is 1.82 bits per heavy atom. The van der Waals surface area contributed by atoms with Gasteiger partial charge in [0.2, 0.25) is 11.8 Å². The molecule has 40 heavy (non-hydrogen) atoms. The quantitative estimate of drug-likeness (QED) is 0.360. The number of nitrogens with two attached hydrogens (primary N) is 1. The molecule has 1 saturated carbocycles. The normalized spacial score (nSPS) is 19.9. The zero-order valence-corrected chi connectivity index (χ0v) is 22.8. The van der Waals surface area contributed by atoms with Crippen LogP contribution in [0.25, 0.3) is 17.2 Å². The summed E-state index contributed by atoms with van der Waals surface area (Å²) in [5, 5.41) is 4.71. The molecule has 2 N–H and O–H groups in total. The van der Waals surface area contributed by atoms with Gasteiger partial charge in [0.05, 0.1) is 24.0 Å². The molecule has 1 amide bonds. The lowest BCUT2D eigenvalue weighted by molar-refractivity contribution is 0.0748. The highest BCUT2D eigenvalue weighted by molar-refractivity contribution is 6.34. The number of halogens is 2. The number of amides is 1. The Morgan fingerprint density at radius 1 is 1.15 bits per heavy atom. The number of likely N-dealkylation sites (tertiary alicyclic amines) is 1. The van der Waals surface area contributed by atoms with Gasteiger partial charge in [0.15, 0.2) is 0 Å². The van der Waals surface area contributed by atoms with E-state index in [1.807, 2.05) is 13.8 Å². The molecule has 0 radical (unpaired) electrons. The summed E-state index contributed by atoms with van der Waals surface area (Å²) >= 11 is 6.70. The molecule has 10 nitrogen and oxygen atoms in total. The Kier molecular flexibility index (Phi) is 6.42. The first-order valence-corrected chi connectivity index (χ1v) is 13.1. The standard InChI is InChI=1S/C28H27ClFN7O3/c1-28(2,31)20-11-21(34-23(22(20)29)15-5-7-16(30)8-6-15)40-24-17-12-36(13-18(17)24)26(38)19-14-37(35-25(19)39-3)27-32-9-4-10-33-27/h4-11,14,17-18,24H,12-13,31H2,1-3H3. The van der Waals surface area contributed by atoms with E-state index in [9.17, 15) is 9.18 Å². The second kappa shape index (κ2) is 9.83. The number of rotatable bonds is 7. The number of carbonyl (C=O) groups excluding carboxylic acids is 1. The fraction of sp³-hybridized carbons (Fsp3) is 0.321. The topological polar surface area (TPSA) is 121 Å². The summed E-state index contributed by atoms with van der Waals surface area (Å²) in [7, 11) is 1.47. The first-order chi connectivity index (χ1) is 19.1. The summed E-state index contributed by atoms with van der Waals surface area (Å²) in [5.74, 6) is 0.720. The highest BCUT2D eigenvalue weighted by atomic mass is 35.5. The van der Waals surface area contributed by atoms with Gasteiger partial charge < -0.3 is 20.1 Å². The lowest BCUT2D eigenvalue weighted by Crippen LogP contribution is -2.33. The summed E-state index contributed by atoms with van der Waals surface area (Å²) in [6.45, 7) is 4.75. The van der Waals surface area contributed by atoms with Crippen molar-refractivity contribution in [1.29, 1.82) is 0 Å². The van der Waals surface area contributed by atoms with Crippen LogP contribution in [0.15, 0.2) is 55.0 Å². The molecule has 1 aromatic carbocycles. The molecule has 1 aliphatic heterocycles. The van der Waals surface area contributed by atoms with E-state index >= 15 is 0 Å². The summed E-state index contributed by atoms with van der Waals surface area (Å²) in [5.41, 5.74) is 7.79. The van der Waals surface area contributed by atoms with Crippen molar-refractivity contribution in [2.45, 2.75) is 25.5 Å². The van der Waals surface area contributed by atoms with Crippen LogP contribution in [0.1, 0.15) is 29.8 Å². The minimum Gasteiger partial charge on any atom is -0.479 e. The molecule has 0 bridgehead atoms. The Bertz CT molecular complexity index is 1560. The van der Waals surface area contributed by atoms with Gasteiger partial charge >= 0.3 is 0 Å². The second-order valence-electron chi connectivity index (χ2n) is 10.6. The SMILES string of the molecule is COc1nn(-c2ncccn2)cc1C(=O)N1CC2C(C1)C2Oc1cc(C(C)(C)N)c(Cl)c(-c2ccc(F)cc2)n1. The van der Waals surface area contributed by atoms with E-state index in [-0.39, 0.29) is 35.5 Å². The average Bonchev–Trinajstić information content (AvgIpc) is 3.27. The number of ether oxygens (including phenoxy) is 2. The van der Waals surface area contributed by atoms with E-state index < -0.39 is 5.54 Å². The van der Waals surface area contributed by atoms with Crippen molar-refractivity contribution in [1.82, 2.24) is 29.6 Å². The Hall–Kier alpha value is -4.09. The van der Waals surface area contributed by atoms with Crippen LogP contribution in [-0.2, 0) is 5.54 Å². The summed E-state index contributed by atoms with van der Waals surface area (Å²) < 4.78 is 26.6. The van der Waals surface area contributed by atoms with Crippen molar-refractivity contribution in [3.63, 3.8) is 0 Å². The van der Waals surface area contributed by atoms with Gasteiger partial charge in [-0.2, -0.15) is 0 Å². The van der Waals surface area contributed by atoms with E-state index in [1.165, 1.54) is 23.9 Å². The number of pyridine rings is 1. The smallest absolute Gasteiger partial charge is 0.261 e. The van der Waals surface area contributed by atoms with Crippen LogP contribution in [0.5, 0.6) is 11.8 Å². The molecule has 3 aromatic heterocycles. The van der Waals surface area contributed by atoms with E-state index in [2.05, 4.69) is 20.1 Å². The third-order valence-electron chi connectivity index (χ3n) is 7.27. The van der Waals surface area contributed by atoms with Crippen molar-refractivity contribution >= 4 is 17.5 Å². The third kappa shape index (κ3) is 4.75. The molecule has 1 aliphatic carbocycles. The van der Waals surface area contributed by atoms with Crippen molar-refractivity contribution < 1.29 is 18.7 Å². The first-order valence-electron chi connectivity index (χ1n) is 12.8. The maximum absolute atomic E-state index is 13.5. The van der Waals surface area contributed by atoms with Crippen LogP contribution in [0.3, 0.4) is 0 Å². The number of hydrogen-bond acceptors (Lipinski definition) is 8. The average molecular weight is 564 g/mol. The second-order valence-corrected chi connectivity index (χ2v) is 10.9. The molecular formula is C28H27ClFN7O3. The van der Waals surface area contributed by atoms with Gasteiger partial charge in [-0.05, 0) is 49.7 Å². The van der Waals surface area contributed by atoms with Gasteiger partial charge in [0, 0.05) is 54.5 Å². The van der Waals surface area contributed by atoms with E-state index in [0.717, 1.165) is 0 Å². The molecule has 4 heterocycles. The zero-order chi connectivity index (χ0) is 28.2. The summed E-state index contributed by atoms with van der Waals surface area (Å²) in [6.07, 6.45) is 4.68. The van der Waals surface area contributed by atoms with E-state index in [0.29, 0.717) is 52.3 Å². The molecular weight excluding hydrogens is 537 g/mol. The molecule has 12 heteroatoms. The molecule has 0 spiro atoms. The number of fused-ring (bicyclic) bond motifs is 1. The summed E-state index contributed by atoms with van der Waals surface area (Å²) in [4.78, 5) is 28.1. The summed E-state index contributed by atoms with van der Waals surface area (Å²) in [6, 6.07) is 9.42. The van der Waals surface area contributed by atoms with Crippen molar-refractivity contribution in [3.05, 3.63) is 77.0 Å². The van der Waals surface area contributed by atoms with Crippen LogP contribution < -0.4 is 15.2 Å². The van der Waals surface area contributed by atoms with Crippen LogP contribution in [0.2, 0.25) is 5.02 Å². The maximum atomic E-state index is 13.5. The first kappa shape index (κ1) is 26.1. The minimum atomic E-state index is -0.760. The van der Waals surface area contributed by atoms with Crippen molar-refractivity contribution in [2.24, 2.45) is 17.6 Å². The lowest BCUT2D eigenvalue weighted by Gasteiger charge is -2.24. The molecule has 4 aromatic rings. The molecule has 2 fully saturated rings. The van der Waals surface area contributed by atoms with Gasteiger partial charge in [0.25, 0.3) is 11.9 Å². The van der Waals surface area contributed by atoms with E-state index in [1.54, 1.807) is 47.8 Å². The number of methoxy groups -OCH3 is 1. The van der Waals surface area contributed by atoms with Crippen molar-refractivity contribution in [3.8, 4) is 29.0 Å². The predicted octanol–water partition coefficient (Wildman–Crippen LogP) is 3.87. The Labute approximate surface area is 234 Å². The fourth-order valence-electron chi connectivity index (χ4n) is 5.12. The monoisotopic (exact) mass is 563 g/mol. The minimum absolute atomic E-state index is 0.102. The molecule has 2 atom stereocenters. The Balaban J connectivity index is 1.19. The van der Waals surface area contributed by atoms with Gasteiger partial charge in [-0.3, -0.25) is 4.79 Å².